The van der Waals surface area contributed by atoms with E-state index in [2.05, 4.69) is 105 Å². The Balaban J connectivity index is 1.45. The minimum absolute atomic E-state index is 0.00556. The Morgan fingerprint density at radius 3 is 1.92 bits per heavy atom. The van der Waals surface area contributed by atoms with Crippen molar-refractivity contribution in [1.29, 1.82) is 0 Å². The normalized spacial score (nSPS) is 13.5. The lowest BCUT2D eigenvalue weighted by Gasteiger charge is -2.45. The lowest BCUT2D eigenvalue weighted by molar-refractivity contribution is 0.474. The first-order chi connectivity index (χ1) is 19.1. The van der Waals surface area contributed by atoms with E-state index in [4.69, 9.17) is 4.42 Å². The van der Waals surface area contributed by atoms with Crippen molar-refractivity contribution in [2.75, 3.05) is 4.90 Å². The van der Waals surface area contributed by atoms with Crippen molar-refractivity contribution in [3.63, 3.8) is 0 Å². The molecule has 1 aromatic heterocycles. The molecule has 4 aromatic carbocycles. The van der Waals surface area contributed by atoms with Crippen LogP contribution in [0.4, 0.5) is 17.1 Å². The van der Waals surface area contributed by atoms with Gasteiger partial charge in [0, 0.05) is 11.1 Å². The van der Waals surface area contributed by atoms with Gasteiger partial charge in [0.15, 0.2) is 0 Å². The van der Waals surface area contributed by atoms with E-state index in [1.165, 1.54) is 28.6 Å². The van der Waals surface area contributed by atoms with Gasteiger partial charge in [0.1, 0.15) is 11.3 Å². The third-order valence-corrected chi connectivity index (χ3v) is 8.33. The standard InChI is InChI=1S/C36H31NO2/c1-5-27-33(6-2)39-34-23-25(19-22-28(34)35(27)38)24-17-20-26(21-18-24)37-31-15-11-9-13-29(31)36(7-3,8-4)30-14-10-12-16-32(30)37/h5-6,9-23H,1-2,7-8H2,3-4H3. The highest BCUT2D eigenvalue weighted by atomic mass is 16.3. The lowest BCUT2D eigenvalue weighted by Crippen LogP contribution is -2.34. The van der Waals surface area contributed by atoms with E-state index >= 15 is 0 Å². The molecule has 0 bridgehead atoms. The van der Waals surface area contributed by atoms with E-state index in [0.29, 0.717) is 22.3 Å². The maximum Gasteiger partial charge on any atom is 0.200 e. The first kappa shape index (κ1) is 24.7. The summed E-state index contributed by atoms with van der Waals surface area (Å²) in [5, 5.41) is 0.535. The van der Waals surface area contributed by atoms with Gasteiger partial charge in [-0.05, 0) is 77.6 Å². The van der Waals surface area contributed by atoms with E-state index in [9.17, 15) is 4.79 Å². The highest BCUT2D eigenvalue weighted by molar-refractivity contribution is 5.88. The minimum atomic E-state index is -0.0966. The number of hydrogen-bond acceptors (Lipinski definition) is 3. The Morgan fingerprint density at radius 1 is 0.769 bits per heavy atom. The summed E-state index contributed by atoms with van der Waals surface area (Å²) in [5.74, 6) is 0.438. The van der Waals surface area contributed by atoms with Crippen molar-refractivity contribution < 1.29 is 4.42 Å². The molecule has 39 heavy (non-hydrogen) atoms. The molecule has 2 heterocycles. The molecular formula is C36H31NO2. The molecule has 0 spiro atoms. The third kappa shape index (κ3) is 3.69. The summed E-state index contributed by atoms with van der Waals surface area (Å²) < 4.78 is 6.02. The smallest absolute Gasteiger partial charge is 0.200 e. The Morgan fingerprint density at radius 2 is 1.36 bits per heavy atom. The fourth-order valence-electron chi connectivity index (χ4n) is 6.26. The van der Waals surface area contributed by atoms with Gasteiger partial charge in [-0.2, -0.15) is 0 Å². The second-order valence-corrected chi connectivity index (χ2v) is 10.0. The van der Waals surface area contributed by atoms with Crippen molar-refractivity contribution in [1.82, 2.24) is 0 Å². The molecule has 0 saturated heterocycles. The van der Waals surface area contributed by atoms with Crippen LogP contribution in [0.5, 0.6) is 0 Å². The molecular weight excluding hydrogens is 478 g/mol. The quantitative estimate of drug-likeness (QED) is 0.228. The van der Waals surface area contributed by atoms with Crippen LogP contribution in [-0.4, -0.2) is 0 Å². The fraction of sp³-hybridized carbons (Fsp3) is 0.139. The van der Waals surface area contributed by atoms with Crippen LogP contribution in [-0.2, 0) is 5.41 Å². The molecule has 1 aliphatic rings. The molecule has 0 fully saturated rings. The van der Waals surface area contributed by atoms with E-state index in [0.717, 1.165) is 29.7 Å². The Hall–Kier alpha value is -4.63. The summed E-state index contributed by atoms with van der Waals surface area (Å²) in [5.41, 5.74) is 9.22. The van der Waals surface area contributed by atoms with Gasteiger partial charge < -0.3 is 9.32 Å². The Labute approximate surface area is 229 Å². The van der Waals surface area contributed by atoms with Gasteiger partial charge in [-0.3, -0.25) is 4.79 Å². The predicted molar refractivity (Wildman–Crippen MR) is 164 cm³/mol. The number of rotatable bonds is 6. The molecule has 3 heteroatoms. The van der Waals surface area contributed by atoms with E-state index in [1.54, 1.807) is 6.08 Å². The topological polar surface area (TPSA) is 33.5 Å². The predicted octanol–water partition coefficient (Wildman–Crippen LogP) is 9.64. The first-order valence-corrected chi connectivity index (χ1v) is 13.5. The van der Waals surface area contributed by atoms with Gasteiger partial charge in [-0.15, -0.1) is 0 Å². The molecule has 0 radical (unpaired) electrons. The molecule has 3 nitrogen and oxygen atoms in total. The number of anilines is 3. The lowest BCUT2D eigenvalue weighted by atomic mass is 9.67. The van der Waals surface area contributed by atoms with Crippen molar-refractivity contribution >= 4 is 40.2 Å². The molecule has 0 atom stereocenters. The van der Waals surface area contributed by atoms with Gasteiger partial charge >= 0.3 is 0 Å². The van der Waals surface area contributed by atoms with Crippen molar-refractivity contribution in [2.24, 2.45) is 0 Å². The second-order valence-electron chi connectivity index (χ2n) is 10.0. The largest absolute Gasteiger partial charge is 0.456 e. The molecule has 0 amide bonds. The second kappa shape index (κ2) is 9.59. The molecule has 192 valence electrons. The molecule has 0 saturated carbocycles. The summed E-state index contributed by atoms with van der Waals surface area (Å²) in [6.07, 6.45) is 5.17. The zero-order chi connectivity index (χ0) is 27.1. The van der Waals surface area contributed by atoms with Crippen molar-refractivity contribution in [3.8, 4) is 11.1 Å². The number of para-hydroxylation sites is 2. The van der Waals surface area contributed by atoms with Crippen LogP contribution in [0.1, 0.15) is 49.1 Å². The molecule has 6 rings (SSSR count). The van der Waals surface area contributed by atoms with Crippen LogP contribution in [0, 0.1) is 0 Å². The number of fused-ring (bicyclic) bond motifs is 3. The van der Waals surface area contributed by atoms with E-state index < -0.39 is 0 Å². The monoisotopic (exact) mass is 509 g/mol. The van der Waals surface area contributed by atoms with Crippen LogP contribution < -0.4 is 10.3 Å². The van der Waals surface area contributed by atoms with Gasteiger partial charge in [-0.1, -0.05) is 87.7 Å². The summed E-state index contributed by atoms with van der Waals surface area (Å²) in [7, 11) is 0. The summed E-state index contributed by atoms with van der Waals surface area (Å²) >= 11 is 0. The SMILES string of the molecule is C=Cc1oc2cc(-c3ccc(N4c5ccccc5C(CC)(CC)c5ccccc54)cc3)ccc2c(=O)c1C=C. The third-order valence-electron chi connectivity index (χ3n) is 8.33. The maximum absolute atomic E-state index is 12.9. The Bertz CT molecular complexity index is 1740. The van der Waals surface area contributed by atoms with Gasteiger partial charge in [-0.25, -0.2) is 0 Å². The highest BCUT2D eigenvalue weighted by Gasteiger charge is 2.40. The maximum atomic E-state index is 12.9. The molecule has 5 aromatic rings. The van der Waals surface area contributed by atoms with Crippen molar-refractivity contribution in [3.05, 3.63) is 137 Å². The van der Waals surface area contributed by atoms with Gasteiger partial charge in [0.2, 0.25) is 5.43 Å². The van der Waals surface area contributed by atoms with Crippen LogP contribution in [0.15, 0.2) is 113 Å². The number of hydrogen-bond donors (Lipinski definition) is 0. The average Bonchev–Trinajstić information content (AvgIpc) is 2.99. The van der Waals surface area contributed by atoms with E-state index in [1.807, 2.05) is 18.2 Å². The van der Waals surface area contributed by atoms with Gasteiger partial charge in [0.05, 0.1) is 22.3 Å². The molecule has 0 N–H and O–H groups in total. The molecule has 1 aliphatic heterocycles. The zero-order valence-corrected chi connectivity index (χ0v) is 22.4. The van der Waals surface area contributed by atoms with Crippen LogP contribution in [0.2, 0.25) is 0 Å². The van der Waals surface area contributed by atoms with Gasteiger partial charge in [0.25, 0.3) is 0 Å². The van der Waals surface area contributed by atoms with Crippen LogP contribution in [0.3, 0.4) is 0 Å². The minimum Gasteiger partial charge on any atom is -0.456 e. The number of benzene rings is 4. The zero-order valence-electron chi connectivity index (χ0n) is 22.4. The van der Waals surface area contributed by atoms with Crippen LogP contribution >= 0.6 is 0 Å². The van der Waals surface area contributed by atoms with E-state index in [-0.39, 0.29) is 10.8 Å². The molecule has 0 aliphatic carbocycles. The summed E-state index contributed by atoms with van der Waals surface area (Å²) in [4.78, 5) is 15.3. The van der Waals surface area contributed by atoms with Crippen LogP contribution in [0.25, 0.3) is 34.2 Å². The average molecular weight is 510 g/mol. The van der Waals surface area contributed by atoms with Crippen molar-refractivity contribution in [2.45, 2.75) is 32.1 Å². The fourth-order valence-corrected chi connectivity index (χ4v) is 6.26. The first-order valence-electron chi connectivity index (χ1n) is 13.5. The summed E-state index contributed by atoms with van der Waals surface area (Å²) in [6.45, 7) is 12.1. The Kier molecular flexibility index (Phi) is 6.07. The number of nitrogens with zero attached hydrogens (tertiary/aromatic N) is 1. The highest BCUT2D eigenvalue weighted by Crippen LogP contribution is 2.54. The molecule has 0 unspecified atom stereocenters. The summed E-state index contributed by atoms with van der Waals surface area (Å²) in [6, 6.07) is 31.9.